The molecule has 0 heterocycles. The molecule has 0 bridgehead atoms. The molecule has 0 radical (unpaired) electrons. The number of hydrogen-bond donors (Lipinski definition) is 1. The molecule has 3 heteroatoms. The minimum absolute atomic E-state index is 0.0714. The fourth-order valence-electron chi connectivity index (χ4n) is 1.24. The van der Waals surface area contributed by atoms with E-state index in [9.17, 15) is 4.39 Å². The molecule has 0 amide bonds. The average molecular weight is 198 g/mol. The third kappa shape index (κ3) is 2.45. The van der Waals surface area contributed by atoms with Crippen molar-refractivity contribution >= 4 is 0 Å². The van der Waals surface area contributed by atoms with Crippen LogP contribution in [0, 0.1) is 12.7 Å². The highest BCUT2D eigenvalue weighted by Gasteiger charge is 2.09. The van der Waals surface area contributed by atoms with Crippen molar-refractivity contribution in [3.63, 3.8) is 0 Å². The Morgan fingerprint density at radius 2 is 2.07 bits per heavy atom. The standard InChI is InChI=1S/C11H15FO2/c1-7(2)14-10-5-9(6-13)4-8(3)11(10)12/h4-5,7,13H,6H2,1-3H3. The molecule has 0 aliphatic carbocycles. The van der Waals surface area contributed by atoms with Gasteiger partial charge >= 0.3 is 0 Å². The maximum absolute atomic E-state index is 13.5. The number of rotatable bonds is 3. The molecule has 2 nitrogen and oxygen atoms in total. The van der Waals surface area contributed by atoms with Gasteiger partial charge in [0.05, 0.1) is 12.7 Å². The van der Waals surface area contributed by atoms with Crippen molar-refractivity contribution < 1.29 is 14.2 Å². The van der Waals surface area contributed by atoms with Gasteiger partial charge in [0.15, 0.2) is 11.6 Å². The predicted octanol–water partition coefficient (Wildman–Crippen LogP) is 2.41. The van der Waals surface area contributed by atoms with Gasteiger partial charge in [-0.15, -0.1) is 0 Å². The Morgan fingerprint density at radius 3 is 2.57 bits per heavy atom. The molecule has 1 aromatic rings. The van der Waals surface area contributed by atoms with Gasteiger partial charge in [-0.25, -0.2) is 4.39 Å². The molecule has 0 atom stereocenters. The zero-order valence-corrected chi connectivity index (χ0v) is 8.67. The number of aryl methyl sites for hydroxylation is 1. The van der Waals surface area contributed by atoms with Crippen molar-refractivity contribution in [2.45, 2.75) is 33.5 Å². The fourth-order valence-corrected chi connectivity index (χ4v) is 1.24. The van der Waals surface area contributed by atoms with E-state index in [1.165, 1.54) is 6.07 Å². The molecular formula is C11H15FO2. The Bertz CT molecular complexity index is 321. The van der Waals surface area contributed by atoms with E-state index < -0.39 is 0 Å². The Morgan fingerprint density at radius 1 is 1.43 bits per heavy atom. The topological polar surface area (TPSA) is 29.5 Å². The van der Waals surface area contributed by atoms with E-state index in [2.05, 4.69) is 0 Å². The van der Waals surface area contributed by atoms with Crippen molar-refractivity contribution in [1.29, 1.82) is 0 Å². The van der Waals surface area contributed by atoms with Crippen LogP contribution < -0.4 is 4.74 Å². The van der Waals surface area contributed by atoms with Gasteiger partial charge in [-0.2, -0.15) is 0 Å². The second-order valence-electron chi connectivity index (χ2n) is 3.55. The van der Waals surface area contributed by atoms with Gasteiger partial charge in [0.1, 0.15) is 0 Å². The quantitative estimate of drug-likeness (QED) is 0.808. The lowest BCUT2D eigenvalue weighted by Crippen LogP contribution is -2.08. The largest absolute Gasteiger partial charge is 0.488 e. The van der Waals surface area contributed by atoms with E-state index >= 15 is 0 Å². The van der Waals surface area contributed by atoms with Crippen molar-refractivity contribution in [3.8, 4) is 5.75 Å². The maximum atomic E-state index is 13.5. The van der Waals surface area contributed by atoms with Crippen LogP contribution in [-0.2, 0) is 6.61 Å². The molecule has 1 aromatic carbocycles. The summed E-state index contributed by atoms with van der Waals surface area (Å²) in [5.41, 5.74) is 1.16. The predicted molar refractivity (Wildman–Crippen MR) is 52.8 cm³/mol. The summed E-state index contributed by atoms with van der Waals surface area (Å²) >= 11 is 0. The van der Waals surface area contributed by atoms with Gasteiger partial charge in [-0.05, 0) is 38.0 Å². The number of halogens is 1. The molecule has 0 saturated heterocycles. The third-order valence-electron chi connectivity index (χ3n) is 1.83. The number of benzene rings is 1. The molecule has 78 valence electrons. The second kappa shape index (κ2) is 4.42. The second-order valence-corrected chi connectivity index (χ2v) is 3.55. The van der Waals surface area contributed by atoms with Gasteiger partial charge in [0.2, 0.25) is 0 Å². The molecule has 1 rings (SSSR count). The molecular weight excluding hydrogens is 183 g/mol. The minimum atomic E-state index is -0.351. The molecule has 1 N–H and O–H groups in total. The Hall–Kier alpha value is -1.09. The first-order valence-electron chi connectivity index (χ1n) is 4.61. The van der Waals surface area contributed by atoms with Gasteiger partial charge in [0.25, 0.3) is 0 Å². The van der Waals surface area contributed by atoms with Gasteiger partial charge in [-0.1, -0.05) is 6.07 Å². The molecule has 0 aliphatic rings. The lowest BCUT2D eigenvalue weighted by molar-refractivity contribution is 0.228. The van der Waals surface area contributed by atoms with Crippen LogP contribution in [0.15, 0.2) is 12.1 Å². The zero-order valence-electron chi connectivity index (χ0n) is 8.67. The summed E-state index contributed by atoms with van der Waals surface area (Å²) in [5, 5.41) is 8.93. The maximum Gasteiger partial charge on any atom is 0.167 e. The summed E-state index contributed by atoms with van der Waals surface area (Å²) in [6, 6.07) is 3.14. The summed E-state index contributed by atoms with van der Waals surface area (Å²) in [4.78, 5) is 0. The first-order chi connectivity index (χ1) is 6.54. The van der Waals surface area contributed by atoms with Crippen LogP contribution in [0.3, 0.4) is 0 Å². The molecule has 0 fully saturated rings. The molecule has 0 saturated carbocycles. The highest BCUT2D eigenvalue weighted by atomic mass is 19.1. The van der Waals surface area contributed by atoms with Crippen LogP contribution in [0.1, 0.15) is 25.0 Å². The van der Waals surface area contributed by atoms with Crippen molar-refractivity contribution in [3.05, 3.63) is 29.1 Å². The van der Waals surface area contributed by atoms with Crippen LogP contribution >= 0.6 is 0 Å². The fraction of sp³-hybridized carbons (Fsp3) is 0.455. The van der Waals surface area contributed by atoms with Gasteiger partial charge in [0, 0.05) is 0 Å². The van der Waals surface area contributed by atoms with Crippen molar-refractivity contribution in [2.75, 3.05) is 0 Å². The van der Waals surface area contributed by atoms with Crippen molar-refractivity contribution in [1.82, 2.24) is 0 Å². The SMILES string of the molecule is Cc1cc(CO)cc(OC(C)C)c1F. The van der Waals surface area contributed by atoms with Crippen LogP contribution in [-0.4, -0.2) is 11.2 Å². The lowest BCUT2D eigenvalue weighted by Gasteiger charge is -2.13. The van der Waals surface area contributed by atoms with Crippen LogP contribution in [0.25, 0.3) is 0 Å². The first kappa shape index (κ1) is 11.0. The normalized spacial score (nSPS) is 10.7. The molecule has 14 heavy (non-hydrogen) atoms. The number of ether oxygens (including phenoxy) is 1. The molecule has 0 aromatic heterocycles. The minimum Gasteiger partial charge on any atom is -0.488 e. The Kier molecular flexibility index (Phi) is 3.47. The van der Waals surface area contributed by atoms with Gasteiger partial charge in [-0.3, -0.25) is 0 Å². The molecule has 0 aliphatic heterocycles. The number of aliphatic hydroxyl groups is 1. The number of hydrogen-bond acceptors (Lipinski definition) is 2. The highest BCUT2D eigenvalue weighted by Crippen LogP contribution is 2.23. The highest BCUT2D eigenvalue weighted by molar-refractivity contribution is 5.35. The summed E-state index contributed by atoms with van der Waals surface area (Å²) in [7, 11) is 0. The summed E-state index contributed by atoms with van der Waals surface area (Å²) in [6.45, 7) is 5.22. The zero-order chi connectivity index (χ0) is 10.7. The molecule has 0 spiro atoms. The molecule has 0 unspecified atom stereocenters. The summed E-state index contributed by atoms with van der Waals surface area (Å²) in [5.74, 6) is -0.139. The third-order valence-corrected chi connectivity index (χ3v) is 1.83. The summed E-state index contributed by atoms with van der Waals surface area (Å²) in [6.07, 6.45) is -0.0714. The Labute approximate surface area is 83.3 Å². The Balaban J connectivity index is 3.07. The van der Waals surface area contributed by atoms with E-state index in [-0.39, 0.29) is 24.3 Å². The van der Waals surface area contributed by atoms with E-state index in [4.69, 9.17) is 9.84 Å². The van der Waals surface area contributed by atoms with Gasteiger partial charge < -0.3 is 9.84 Å². The van der Waals surface area contributed by atoms with E-state index in [1.54, 1.807) is 13.0 Å². The van der Waals surface area contributed by atoms with E-state index in [1.807, 2.05) is 13.8 Å². The first-order valence-corrected chi connectivity index (χ1v) is 4.61. The van der Waals surface area contributed by atoms with Crippen LogP contribution in [0.4, 0.5) is 4.39 Å². The monoisotopic (exact) mass is 198 g/mol. The van der Waals surface area contributed by atoms with E-state index in [0.29, 0.717) is 11.1 Å². The van der Waals surface area contributed by atoms with E-state index in [0.717, 1.165) is 0 Å². The summed E-state index contributed by atoms with van der Waals surface area (Å²) < 4.78 is 18.8. The average Bonchev–Trinajstić information content (AvgIpc) is 2.11. The number of aliphatic hydroxyl groups excluding tert-OH is 1. The van der Waals surface area contributed by atoms with Crippen LogP contribution in [0.5, 0.6) is 5.75 Å². The van der Waals surface area contributed by atoms with Crippen molar-refractivity contribution in [2.24, 2.45) is 0 Å². The van der Waals surface area contributed by atoms with Crippen LogP contribution in [0.2, 0.25) is 0 Å². The lowest BCUT2D eigenvalue weighted by atomic mass is 10.1. The smallest absolute Gasteiger partial charge is 0.167 e.